The normalized spacial score (nSPS) is 10.1. The first-order valence-corrected chi connectivity index (χ1v) is 5.34. The van der Waals surface area contributed by atoms with E-state index in [1.165, 1.54) is 0 Å². The van der Waals surface area contributed by atoms with Gasteiger partial charge in [0.25, 0.3) is 0 Å². The zero-order valence-electron chi connectivity index (χ0n) is 8.84. The molecule has 0 saturated heterocycles. The van der Waals surface area contributed by atoms with E-state index in [1.54, 1.807) is 14.2 Å². The number of halogens is 1. The van der Waals surface area contributed by atoms with Crippen LogP contribution in [-0.4, -0.2) is 27.4 Å². The molecule has 0 bridgehead atoms. The molecule has 3 N–H and O–H groups in total. The molecule has 1 rings (SSSR count). The average molecular weight is 275 g/mol. The Hall–Kier alpha value is -0.940. The zero-order valence-corrected chi connectivity index (χ0v) is 10.4. The number of benzene rings is 1. The lowest BCUT2D eigenvalue weighted by molar-refractivity contribution is 0.210. The van der Waals surface area contributed by atoms with E-state index < -0.39 is 0 Å². The van der Waals surface area contributed by atoms with Crippen molar-refractivity contribution < 1.29 is 9.47 Å². The molecule has 15 heavy (non-hydrogen) atoms. The fourth-order valence-electron chi connectivity index (χ4n) is 1.23. The van der Waals surface area contributed by atoms with Crippen LogP contribution in [0.3, 0.4) is 0 Å². The summed E-state index contributed by atoms with van der Waals surface area (Å²) in [6.07, 6.45) is 0. The van der Waals surface area contributed by atoms with Gasteiger partial charge in [0.2, 0.25) is 0 Å². The minimum Gasteiger partial charge on any atom is -0.494 e. The van der Waals surface area contributed by atoms with Crippen LogP contribution in [0.5, 0.6) is 5.75 Å². The van der Waals surface area contributed by atoms with E-state index in [-0.39, 0.29) is 0 Å². The number of nitrogens with two attached hydrogens (primary N) is 1. The standard InChI is InChI=1S/C10H15BrN2O2/c1-14-4-3-13-10-8(12)5-7(11)6-9(10)15-2/h5-6,13H,3-4,12H2,1-2H3. The van der Waals surface area contributed by atoms with Gasteiger partial charge in [-0.3, -0.25) is 0 Å². The summed E-state index contributed by atoms with van der Waals surface area (Å²) in [5, 5.41) is 3.16. The maximum Gasteiger partial charge on any atom is 0.145 e. The maximum absolute atomic E-state index is 5.87. The van der Waals surface area contributed by atoms with Crippen molar-refractivity contribution in [2.45, 2.75) is 0 Å². The number of hydrogen-bond acceptors (Lipinski definition) is 4. The summed E-state index contributed by atoms with van der Waals surface area (Å²) in [5.74, 6) is 0.720. The fourth-order valence-corrected chi connectivity index (χ4v) is 1.68. The summed E-state index contributed by atoms with van der Waals surface area (Å²) in [6, 6.07) is 3.70. The lowest BCUT2D eigenvalue weighted by Crippen LogP contribution is -2.10. The molecule has 0 radical (unpaired) electrons. The predicted molar refractivity (Wildman–Crippen MR) is 65.5 cm³/mol. The molecule has 4 nitrogen and oxygen atoms in total. The van der Waals surface area contributed by atoms with Crippen LogP contribution in [0.25, 0.3) is 0 Å². The van der Waals surface area contributed by atoms with Crippen LogP contribution in [0.1, 0.15) is 0 Å². The van der Waals surface area contributed by atoms with Crippen molar-refractivity contribution in [3.8, 4) is 5.75 Å². The Kier molecular flexibility index (Phi) is 4.71. The van der Waals surface area contributed by atoms with Crippen molar-refractivity contribution in [3.05, 3.63) is 16.6 Å². The van der Waals surface area contributed by atoms with E-state index in [0.717, 1.165) is 15.9 Å². The van der Waals surface area contributed by atoms with Gasteiger partial charge in [0.05, 0.1) is 19.4 Å². The lowest BCUT2D eigenvalue weighted by Gasteiger charge is -2.13. The predicted octanol–water partition coefficient (Wildman–Crippen LogP) is 2.10. The largest absolute Gasteiger partial charge is 0.494 e. The molecule has 0 atom stereocenters. The van der Waals surface area contributed by atoms with Gasteiger partial charge in [-0.2, -0.15) is 0 Å². The van der Waals surface area contributed by atoms with Gasteiger partial charge in [0.1, 0.15) is 11.4 Å². The van der Waals surface area contributed by atoms with Crippen molar-refractivity contribution in [2.24, 2.45) is 0 Å². The third kappa shape index (κ3) is 3.28. The van der Waals surface area contributed by atoms with Crippen molar-refractivity contribution in [1.82, 2.24) is 0 Å². The topological polar surface area (TPSA) is 56.5 Å². The molecule has 0 aliphatic carbocycles. The molecule has 0 aliphatic heterocycles. The minimum absolute atomic E-state index is 0.624. The molecule has 0 fully saturated rings. The van der Waals surface area contributed by atoms with Gasteiger partial charge >= 0.3 is 0 Å². The minimum atomic E-state index is 0.624. The van der Waals surface area contributed by atoms with Crippen LogP contribution in [0.2, 0.25) is 0 Å². The summed E-state index contributed by atoms with van der Waals surface area (Å²) in [5.41, 5.74) is 7.32. The number of nitrogens with one attached hydrogen (secondary N) is 1. The Balaban J connectivity index is 2.84. The first-order chi connectivity index (χ1) is 7.19. The first-order valence-electron chi connectivity index (χ1n) is 4.55. The summed E-state index contributed by atoms with van der Waals surface area (Å²) in [7, 11) is 3.27. The van der Waals surface area contributed by atoms with E-state index in [0.29, 0.717) is 18.8 Å². The quantitative estimate of drug-likeness (QED) is 0.638. The molecule has 0 aromatic heterocycles. The molecule has 0 amide bonds. The summed E-state index contributed by atoms with van der Waals surface area (Å²) < 4.78 is 11.1. The molecular formula is C10H15BrN2O2. The first kappa shape index (κ1) is 12.1. The highest BCUT2D eigenvalue weighted by Crippen LogP contribution is 2.34. The zero-order chi connectivity index (χ0) is 11.3. The molecule has 84 valence electrons. The molecule has 5 heteroatoms. The van der Waals surface area contributed by atoms with E-state index in [1.807, 2.05) is 12.1 Å². The fraction of sp³-hybridized carbons (Fsp3) is 0.400. The van der Waals surface area contributed by atoms with Crippen molar-refractivity contribution >= 4 is 27.3 Å². The van der Waals surface area contributed by atoms with Crippen LogP contribution in [0.4, 0.5) is 11.4 Å². The Bertz CT molecular complexity index is 331. The number of hydrogen-bond donors (Lipinski definition) is 2. The van der Waals surface area contributed by atoms with Gasteiger partial charge in [-0.05, 0) is 12.1 Å². The SMILES string of the molecule is COCCNc1c(N)cc(Br)cc1OC. The van der Waals surface area contributed by atoms with E-state index in [2.05, 4.69) is 21.2 Å². The monoisotopic (exact) mass is 274 g/mol. The average Bonchev–Trinajstić information content (AvgIpc) is 2.20. The van der Waals surface area contributed by atoms with E-state index in [4.69, 9.17) is 15.2 Å². The second kappa shape index (κ2) is 5.82. The molecule has 0 spiro atoms. The Labute approximate surface area is 97.9 Å². The summed E-state index contributed by atoms with van der Waals surface area (Å²) >= 11 is 3.36. The van der Waals surface area contributed by atoms with Crippen molar-refractivity contribution in [2.75, 3.05) is 38.4 Å². The van der Waals surface area contributed by atoms with Gasteiger partial charge in [-0.15, -0.1) is 0 Å². The Morgan fingerprint density at radius 2 is 2.13 bits per heavy atom. The van der Waals surface area contributed by atoms with Crippen molar-refractivity contribution in [1.29, 1.82) is 0 Å². The second-order valence-electron chi connectivity index (χ2n) is 2.99. The molecule has 0 saturated carbocycles. The maximum atomic E-state index is 5.87. The van der Waals surface area contributed by atoms with Crippen LogP contribution < -0.4 is 15.8 Å². The number of nitrogen functional groups attached to an aromatic ring is 1. The molecule has 1 aromatic rings. The van der Waals surface area contributed by atoms with Crippen LogP contribution in [0.15, 0.2) is 16.6 Å². The number of methoxy groups -OCH3 is 2. The highest BCUT2D eigenvalue weighted by molar-refractivity contribution is 9.10. The lowest BCUT2D eigenvalue weighted by atomic mass is 10.2. The van der Waals surface area contributed by atoms with Gasteiger partial charge < -0.3 is 20.5 Å². The highest BCUT2D eigenvalue weighted by Gasteiger charge is 2.07. The van der Waals surface area contributed by atoms with Gasteiger partial charge in [0.15, 0.2) is 0 Å². The Morgan fingerprint density at radius 1 is 1.40 bits per heavy atom. The number of rotatable bonds is 5. The summed E-state index contributed by atoms with van der Waals surface area (Å²) in [6.45, 7) is 1.32. The van der Waals surface area contributed by atoms with Gasteiger partial charge in [0, 0.05) is 18.1 Å². The molecule has 1 aromatic carbocycles. The van der Waals surface area contributed by atoms with Crippen LogP contribution in [0, 0.1) is 0 Å². The number of ether oxygens (including phenoxy) is 2. The van der Waals surface area contributed by atoms with E-state index in [9.17, 15) is 0 Å². The van der Waals surface area contributed by atoms with Gasteiger partial charge in [-0.25, -0.2) is 0 Å². The van der Waals surface area contributed by atoms with Crippen LogP contribution >= 0.6 is 15.9 Å². The third-order valence-electron chi connectivity index (χ3n) is 1.93. The van der Waals surface area contributed by atoms with Crippen LogP contribution in [-0.2, 0) is 4.74 Å². The third-order valence-corrected chi connectivity index (χ3v) is 2.38. The molecule has 0 unspecified atom stereocenters. The second-order valence-corrected chi connectivity index (χ2v) is 3.91. The highest BCUT2D eigenvalue weighted by atomic mass is 79.9. The van der Waals surface area contributed by atoms with E-state index >= 15 is 0 Å². The number of anilines is 2. The van der Waals surface area contributed by atoms with Gasteiger partial charge in [-0.1, -0.05) is 15.9 Å². The smallest absolute Gasteiger partial charge is 0.145 e. The van der Waals surface area contributed by atoms with Crippen molar-refractivity contribution in [3.63, 3.8) is 0 Å². The Morgan fingerprint density at radius 3 is 2.73 bits per heavy atom. The summed E-state index contributed by atoms with van der Waals surface area (Å²) in [4.78, 5) is 0. The molecule has 0 heterocycles. The molecule has 0 aliphatic rings. The molecular weight excluding hydrogens is 260 g/mol.